The van der Waals surface area contributed by atoms with Crippen molar-refractivity contribution in [1.82, 2.24) is 14.9 Å². The van der Waals surface area contributed by atoms with Crippen LogP contribution >= 0.6 is 11.3 Å². The quantitative estimate of drug-likeness (QED) is 0.817. The first kappa shape index (κ1) is 14.5. The number of amides is 1. The molecule has 0 aliphatic heterocycles. The van der Waals surface area contributed by atoms with Crippen LogP contribution in [0, 0.1) is 6.92 Å². The fourth-order valence-corrected chi connectivity index (χ4v) is 2.45. The zero-order valence-electron chi connectivity index (χ0n) is 11.3. The molecular formula is C14H17N3O2S. The van der Waals surface area contributed by atoms with Gasteiger partial charge < -0.3 is 9.88 Å². The van der Waals surface area contributed by atoms with Gasteiger partial charge in [0, 0.05) is 30.7 Å². The lowest BCUT2D eigenvalue weighted by molar-refractivity contribution is -0.120. The van der Waals surface area contributed by atoms with E-state index >= 15 is 0 Å². The smallest absolute Gasteiger partial charge is 0.250 e. The molecule has 0 fully saturated rings. The highest BCUT2D eigenvalue weighted by molar-refractivity contribution is 7.09. The van der Waals surface area contributed by atoms with Crippen LogP contribution in [0.15, 0.2) is 34.6 Å². The number of hydrogen-bond acceptors (Lipinski definition) is 4. The molecule has 20 heavy (non-hydrogen) atoms. The Kier molecular flexibility index (Phi) is 5.06. The maximum atomic E-state index is 11.7. The molecule has 1 amide bonds. The molecule has 106 valence electrons. The van der Waals surface area contributed by atoms with Crippen molar-refractivity contribution in [2.45, 2.75) is 26.3 Å². The normalized spacial score (nSPS) is 10.4. The van der Waals surface area contributed by atoms with Crippen molar-refractivity contribution in [2.75, 3.05) is 6.54 Å². The van der Waals surface area contributed by atoms with Crippen molar-refractivity contribution < 1.29 is 4.79 Å². The van der Waals surface area contributed by atoms with E-state index in [-0.39, 0.29) is 11.5 Å². The second-order valence-corrected chi connectivity index (χ2v) is 5.53. The van der Waals surface area contributed by atoms with E-state index in [1.807, 2.05) is 18.4 Å². The van der Waals surface area contributed by atoms with Gasteiger partial charge in [-0.2, -0.15) is 0 Å². The van der Waals surface area contributed by atoms with Crippen LogP contribution in [0.3, 0.4) is 0 Å². The summed E-state index contributed by atoms with van der Waals surface area (Å²) in [5.74, 6) is -0.0318. The monoisotopic (exact) mass is 291 g/mol. The minimum Gasteiger partial charge on any atom is -0.356 e. The van der Waals surface area contributed by atoms with Gasteiger partial charge in [0.05, 0.1) is 17.1 Å². The number of aromatic nitrogens is 2. The Morgan fingerprint density at radius 3 is 3.00 bits per heavy atom. The predicted octanol–water partition coefficient (Wildman–Crippen LogP) is 1.36. The highest BCUT2D eigenvalue weighted by Gasteiger charge is 2.05. The third-order valence-corrected chi connectivity index (χ3v) is 3.63. The summed E-state index contributed by atoms with van der Waals surface area (Å²) in [4.78, 5) is 27.4. The number of rotatable bonds is 6. The summed E-state index contributed by atoms with van der Waals surface area (Å²) < 4.78 is 1.63. The van der Waals surface area contributed by atoms with Crippen molar-refractivity contribution >= 4 is 17.2 Å². The minimum atomic E-state index is -0.0318. The highest BCUT2D eigenvalue weighted by atomic mass is 32.1. The van der Waals surface area contributed by atoms with E-state index in [1.54, 1.807) is 28.2 Å². The molecule has 5 nitrogen and oxygen atoms in total. The van der Waals surface area contributed by atoms with Gasteiger partial charge in [-0.25, -0.2) is 4.98 Å². The third kappa shape index (κ3) is 4.31. The number of nitrogens with zero attached hydrogens (tertiary/aromatic N) is 2. The highest BCUT2D eigenvalue weighted by Crippen LogP contribution is 2.08. The first-order valence-electron chi connectivity index (χ1n) is 6.48. The Morgan fingerprint density at radius 1 is 1.45 bits per heavy atom. The number of aryl methyl sites for hydroxylation is 2. The molecule has 0 spiro atoms. The van der Waals surface area contributed by atoms with Gasteiger partial charge in [-0.15, -0.1) is 11.3 Å². The summed E-state index contributed by atoms with van der Waals surface area (Å²) in [5.41, 5.74) is 0.793. The molecule has 0 atom stereocenters. The number of carbonyl (C=O) groups excluding carboxylic acids is 1. The van der Waals surface area contributed by atoms with Gasteiger partial charge in [0.1, 0.15) is 0 Å². The maximum absolute atomic E-state index is 11.7. The average Bonchev–Trinajstić information content (AvgIpc) is 2.82. The van der Waals surface area contributed by atoms with Crippen molar-refractivity contribution in [3.63, 3.8) is 0 Å². The Bertz CT molecular complexity index is 633. The van der Waals surface area contributed by atoms with Gasteiger partial charge in [-0.3, -0.25) is 9.59 Å². The first-order chi connectivity index (χ1) is 9.65. The standard InChI is InChI=1S/C14H17N3O2S/c1-11-16-12(10-20-11)9-13(18)15-6-4-8-17-7-3-2-5-14(17)19/h2-3,5,7,10H,4,6,8-9H2,1H3,(H,15,18). The molecule has 2 aromatic rings. The third-order valence-electron chi connectivity index (χ3n) is 2.81. The molecule has 2 rings (SSSR count). The van der Waals surface area contributed by atoms with E-state index in [0.717, 1.165) is 17.1 Å². The second kappa shape index (κ2) is 7.00. The number of hydrogen-bond donors (Lipinski definition) is 1. The zero-order valence-corrected chi connectivity index (χ0v) is 12.2. The summed E-state index contributed by atoms with van der Waals surface area (Å²) in [6, 6.07) is 5.07. The molecule has 0 saturated heterocycles. The summed E-state index contributed by atoms with van der Waals surface area (Å²) >= 11 is 1.54. The number of carbonyl (C=O) groups is 1. The van der Waals surface area contributed by atoms with Gasteiger partial charge in [0.25, 0.3) is 0 Å². The fraction of sp³-hybridized carbons (Fsp3) is 0.357. The van der Waals surface area contributed by atoms with E-state index in [0.29, 0.717) is 19.5 Å². The predicted molar refractivity (Wildman–Crippen MR) is 78.9 cm³/mol. The lowest BCUT2D eigenvalue weighted by Gasteiger charge is -2.06. The lowest BCUT2D eigenvalue weighted by Crippen LogP contribution is -2.28. The summed E-state index contributed by atoms with van der Waals surface area (Å²) in [7, 11) is 0. The largest absolute Gasteiger partial charge is 0.356 e. The Labute approximate surface area is 121 Å². The Hall–Kier alpha value is -1.95. The molecule has 1 N–H and O–H groups in total. The van der Waals surface area contributed by atoms with Gasteiger partial charge in [-0.05, 0) is 19.4 Å². The maximum Gasteiger partial charge on any atom is 0.250 e. The van der Waals surface area contributed by atoms with Crippen LogP contribution in [-0.2, 0) is 17.8 Å². The Balaban J connectivity index is 1.69. The van der Waals surface area contributed by atoms with Crippen LogP contribution in [0.1, 0.15) is 17.1 Å². The molecule has 0 bridgehead atoms. The average molecular weight is 291 g/mol. The molecule has 0 saturated carbocycles. The minimum absolute atomic E-state index is 0.0169. The fourth-order valence-electron chi connectivity index (χ4n) is 1.84. The summed E-state index contributed by atoms with van der Waals surface area (Å²) in [5, 5.41) is 5.71. The zero-order chi connectivity index (χ0) is 14.4. The molecular weight excluding hydrogens is 274 g/mol. The van der Waals surface area contributed by atoms with Gasteiger partial charge in [0.2, 0.25) is 11.5 Å². The van der Waals surface area contributed by atoms with E-state index < -0.39 is 0 Å². The van der Waals surface area contributed by atoms with Crippen LogP contribution < -0.4 is 10.9 Å². The molecule has 0 aliphatic rings. The number of pyridine rings is 1. The van der Waals surface area contributed by atoms with Crippen LogP contribution in [0.25, 0.3) is 0 Å². The molecule has 0 aliphatic carbocycles. The molecule has 0 unspecified atom stereocenters. The number of thiazole rings is 1. The molecule has 2 heterocycles. The molecule has 0 aromatic carbocycles. The molecule has 2 aromatic heterocycles. The molecule has 0 radical (unpaired) electrons. The van der Waals surface area contributed by atoms with Crippen molar-refractivity contribution in [1.29, 1.82) is 0 Å². The van der Waals surface area contributed by atoms with Gasteiger partial charge >= 0.3 is 0 Å². The van der Waals surface area contributed by atoms with Crippen molar-refractivity contribution in [3.05, 3.63) is 50.8 Å². The van der Waals surface area contributed by atoms with Gasteiger partial charge in [0.15, 0.2) is 0 Å². The van der Waals surface area contributed by atoms with Crippen molar-refractivity contribution in [3.8, 4) is 0 Å². The summed E-state index contributed by atoms with van der Waals surface area (Å²) in [6.07, 6.45) is 2.80. The second-order valence-electron chi connectivity index (χ2n) is 4.47. The first-order valence-corrected chi connectivity index (χ1v) is 7.36. The summed E-state index contributed by atoms with van der Waals surface area (Å²) in [6.45, 7) is 3.09. The van der Waals surface area contributed by atoms with Gasteiger partial charge in [-0.1, -0.05) is 6.07 Å². The molecule has 6 heteroatoms. The SMILES string of the molecule is Cc1nc(CC(=O)NCCCn2ccccc2=O)cs1. The van der Waals surface area contributed by atoms with E-state index in [1.165, 1.54) is 6.07 Å². The van der Waals surface area contributed by atoms with E-state index in [4.69, 9.17) is 0 Å². The van der Waals surface area contributed by atoms with E-state index in [2.05, 4.69) is 10.3 Å². The van der Waals surface area contributed by atoms with Crippen LogP contribution in [-0.4, -0.2) is 22.0 Å². The number of nitrogens with one attached hydrogen (secondary N) is 1. The Morgan fingerprint density at radius 2 is 2.30 bits per heavy atom. The topological polar surface area (TPSA) is 64.0 Å². The van der Waals surface area contributed by atoms with Crippen LogP contribution in [0.4, 0.5) is 0 Å². The lowest BCUT2D eigenvalue weighted by atomic mass is 10.3. The van der Waals surface area contributed by atoms with Crippen LogP contribution in [0.5, 0.6) is 0 Å². The van der Waals surface area contributed by atoms with Crippen LogP contribution in [0.2, 0.25) is 0 Å². The van der Waals surface area contributed by atoms with Crippen molar-refractivity contribution in [2.24, 2.45) is 0 Å². The van der Waals surface area contributed by atoms with E-state index in [9.17, 15) is 9.59 Å².